The second-order valence-corrected chi connectivity index (χ2v) is 6.69. The van der Waals surface area contributed by atoms with Gasteiger partial charge in [-0.3, -0.25) is 4.98 Å². The Morgan fingerprint density at radius 3 is 3.00 bits per heavy atom. The highest BCUT2D eigenvalue weighted by Crippen LogP contribution is 2.27. The molecule has 1 N–H and O–H groups in total. The maximum atomic E-state index is 5.96. The van der Waals surface area contributed by atoms with Crippen LogP contribution in [0.1, 0.15) is 38.8 Å². The Kier molecular flexibility index (Phi) is 6.80. The van der Waals surface area contributed by atoms with Gasteiger partial charge in [0.25, 0.3) is 0 Å². The van der Waals surface area contributed by atoms with E-state index in [1.165, 1.54) is 0 Å². The highest BCUT2D eigenvalue weighted by molar-refractivity contribution is 7.99. The summed E-state index contributed by atoms with van der Waals surface area (Å²) in [7, 11) is 0. The maximum Gasteiger partial charge on any atom is 0.138 e. The van der Waals surface area contributed by atoms with Gasteiger partial charge in [0.15, 0.2) is 0 Å². The smallest absolute Gasteiger partial charge is 0.138 e. The normalized spacial score (nSPS) is 20.5. The van der Waals surface area contributed by atoms with Crippen molar-refractivity contribution in [2.75, 3.05) is 24.7 Å². The van der Waals surface area contributed by atoms with Gasteiger partial charge in [0.2, 0.25) is 0 Å². The fourth-order valence-electron chi connectivity index (χ4n) is 2.40. The van der Waals surface area contributed by atoms with E-state index in [1.54, 1.807) is 6.20 Å². The Bertz CT molecular complexity index is 422. The summed E-state index contributed by atoms with van der Waals surface area (Å²) in [6.45, 7) is 8.04. The van der Waals surface area contributed by atoms with Crippen LogP contribution in [0.3, 0.4) is 0 Å². The number of aromatic nitrogens is 1. The lowest BCUT2D eigenvalue weighted by atomic mass is 10.0. The zero-order valence-corrected chi connectivity index (χ0v) is 14.0. The molecule has 1 saturated heterocycles. The zero-order valence-electron chi connectivity index (χ0n) is 13.2. The molecule has 0 spiro atoms. The first-order valence-electron chi connectivity index (χ1n) is 7.75. The summed E-state index contributed by atoms with van der Waals surface area (Å²) < 4.78 is 11.7. The van der Waals surface area contributed by atoms with Crippen molar-refractivity contribution in [3.8, 4) is 5.75 Å². The third kappa shape index (κ3) is 5.16. The van der Waals surface area contributed by atoms with E-state index in [0.29, 0.717) is 0 Å². The molecule has 118 valence electrons. The summed E-state index contributed by atoms with van der Waals surface area (Å²) >= 11 is 1.96. The van der Waals surface area contributed by atoms with Gasteiger partial charge >= 0.3 is 0 Å². The molecule has 2 rings (SSSR count). The van der Waals surface area contributed by atoms with Gasteiger partial charge in [-0.2, -0.15) is 11.8 Å². The van der Waals surface area contributed by atoms with Crippen LogP contribution >= 0.6 is 11.8 Å². The summed E-state index contributed by atoms with van der Waals surface area (Å²) in [6.07, 6.45) is 5.16. The van der Waals surface area contributed by atoms with E-state index < -0.39 is 0 Å². The number of nitrogens with zero attached hydrogens (tertiary/aromatic N) is 1. The summed E-state index contributed by atoms with van der Waals surface area (Å²) in [4.78, 5) is 4.33. The molecule has 0 aromatic carbocycles. The largest absolute Gasteiger partial charge is 0.489 e. The lowest BCUT2D eigenvalue weighted by Gasteiger charge is -2.31. The molecule has 0 saturated carbocycles. The number of ether oxygens (including phenoxy) is 2. The summed E-state index contributed by atoms with van der Waals surface area (Å²) in [5.74, 6) is 2.94. The van der Waals surface area contributed by atoms with Gasteiger partial charge in [-0.05, 0) is 38.4 Å². The van der Waals surface area contributed by atoms with Crippen LogP contribution < -0.4 is 10.1 Å². The molecule has 4 nitrogen and oxygen atoms in total. The van der Waals surface area contributed by atoms with E-state index in [2.05, 4.69) is 23.3 Å². The van der Waals surface area contributed by atoms with Crippen LogP contribution in [0.15, 0.2) is 18.5 Å². The van der Waals surface area contributed by atoms with Crippen molar-refractivity contribution in [2.24, 2.45) is 0 Å². The minimum absolute atomic E-state index is 0.158. The second-order valence-electron chi connectivity index (χ2n) is 5.54. The first-order valence-corrected chi connectivity index (χ1v) is 8.90. The molecule has 0 radical (unpaired) electrons. The quantitative estimate of drug-likeness (QED) is 0.838. The molecular formula is C16H26N2O2S. The third-order valence-corrected chi connectivity index (χ3v) is 4.31. The third-order valence-electron chi connectivity index (χ3n) is 3.29. The molecule has 0 bridgehead atoms. The van der Waals surface area contributed by atoms with Crippen LogP contribution in [-0.2, 0) is 4.74 Å². The molecule has 1 aromatic heterocycles. The highest BCUT2D eigenvalue weighted by atomic mass is 32.2. The van der Waals surface area contributed by atoms with Crippen molar-refractivity contribution in [1.82, 2.24) is 10.3 Å². The Morgan fingerprint density at radius 1 is 1.48 bits per heavy atom. The number of hydrogen-bond acceptors (Lipinski definition) is 5. The van der Waals surface area contributed by atoms with E-state index in [4.69, 9.17) is 9.47 Å². The first kappa shape index (κ1) is 16.6. The van der Waals surface area contributed by atoms with E-state index in [0.717, 1.165) is 42.4 Å². The molecule has 21 heavy (non-hydrogen) atoms. The van der Waals surface area contributed by atoms with Crippen LogP contribution in [0.2, 0.25) is 0 Å². The molecule has 0 amide bonds. The van der Waals surface area contributed by atoms with Gasteiger partial charge in [-0.15, -0.1) is 0 Å². The van der Waals surface area contributed by atoms with Crippen LogP contribution in [0.5, 0.6) is 5.75 Å². The van der Waals surface area contributed by atoms with E-state index in [-0.39, 0.29) is 18.2 Å². The summed E-state index contributed by atoms with van der Waals surface area (Å²) in [5.41, 5.74) is 1.15. The van der Waals surface area contributed by atoms with E-state index >= 15 is 0 Å². The molecule has 1 aliphatic rings. The highest BCUT2D eigenvalue weighted by Gasteiger charge is 2.26. The fourth-order valence-corrected chi connectivity index (χ4v) is 3.31. The van der Waals surface area contributed by atoms with Crippen molar-refractivity contribution in [1.29, 1.82) is 0 Å². The summed E-state index contributed by atoms with van der Waals surface area (Å²) in [5, 5.41) is 3.60. The molecule has 1 aliphatic heterocycles. The number of thioether (sulfide) groups is 1. The predicted molar refractivity (Wildman–Crippen MR) is 88.1 cm³/mol. The summed E-state index contributed by atoms with van der Waals surface area (Å²) in [6, 6.07) is 2.27. The van der Waals surface area contributed by atoms with E-state index in [1.807, 2.05) is 31.8 Å². The monoisotopic (exact) mass is 310 g/mol. The zero-order chi connectivity index (χ0) is 15.1. The Morgan fingerprint density at radius 2 is 2.33 bits per heavy atom. The second kappa shape index (κ2) is 8.61. The number of pyridine rings is 1. The fraction of sp³-hybridized carbons (Fsp3) is 0.688. The van der Waals surface area contributed by atoms with Gasteiger partial charge in [0.05, 0.1) is 31.1 Å². The number of hydrogen-bond donors (Lipinski definition) is 1. The van der Waals surface area contributed by atoms with Gasteiger partial charge in [-0.1, -0.05) is 6.92 Å². The molecule has 0 aliphatic carbocycles. The Balaban J connectivity index is 2.14. The molecule has 1 fully saturated rings. The van der Waals surface area contributed by atoms with Crippen molar-refractivity contribution in [2.45, 2.75) is 45.4 Å². The minimum Gasteiger partial charge on any atom is -0.489 e. The molecular weight excluding hydrogens is 284 g/mol. The van der Waals surface area contributed by atoms with Crippen LogP contribution in [0.4, 0.5) is 0 Å². The van der Waals surface area contributed by atoms with Gasteiger partial charge in [0, 0.05) is 17.7 Å². The van der Waals surface area contributed by atoms with Crippen molar-refractivity contribution in [3.05, 3.63) is 24.0 Å². The number of nitrogens with one attached hydrogen (secondary N) is 1. The van der Waals surface area contributed by atoms with E-state index in [9.17, 15) is 0 Å². The van der Waals surface area contributed by atoms with Crippen LogP contribution in [0.25, 0.3) is 0 Å². The molecule has 2 unspecified atom stereocenters. The van der Waals surface area contributed by atoms with Crippen LogP contribution in [-0.4, -0.2) is 41.8 Å². The van der Waals surface area contributed by atoms with Gasteiger partial charge < -0.3 is 14.8 Å². The van der Waals surface area contributed by atoms with Crippen molar-refractivity contribution < 1.29 is 9.47 Å². The molecule has 1 aromatic rings. The lowest BCUT2D eigenvalue weighted by Crippen LogP contribution is -2.38. The van der Waals surface area contributed by atoms with Gasteiger partial charge in [-0.25, -0.2) is 0 Å². The van der Waals surface area contributed by atoms with Crippen molar-refractivity contribution >= 4 is 11.8 Å². The standard InChI is InChI=1S/C16H26N2O2S/c1-4-5-18-16(15-11-21-7-6-19-15)13-8-14(10-17-9-13)20-12(2)3/h8-10,12,15-16,18H,4-7,11H2,1-3H3. The minimum atomic E-state index is 0.158. The topological polar surface area (TPSA) is 43.4 Å². The predicted octanol–water partition coefficient (Wildman–Crippen LogP) is 3.04. The van der Waals surface area contributed by atoms with Gasteiger partial charge in [0.1, 0.15) is 5.75 Å². The SMILES string of the molecule is CCCNC(c1cncc(OC(C)C)c1)C1CSCCO1. The Hall–Kier alpha value is -0.780. The average molecular weight is 310 g/mol. The lowest BCUT2D eigenvalue weighted by molar-refractivity contribution is 0.0466. The first-order chi connectivity index (χ1) is 10.2. The molecule has 5 heteroatoms. The average Bonchev–Trinajstić information content (AvgIpc) is 2.48. The molecule has 2 heterocycles. The van der Waals surface area contributed by atoms with Crippen LogP contribution in [0, 0.1) is 0 Å². The van der Waals surface area contributed by atoms with Crippen molar-refractivity contribution in [3.63, 3.8) is 0 Å². The number of rotatable bonds is 7. The Labute approximate surface area is 132 Å². The maximum absolute atomic E-state index is 5.96. The molecule has 2 atom stereocenters.